The van der Waals surface area contributed by atoms with Crippen molar-refractivity contribution in [3.63, 3.8) is 0 Å². The summed E-state index contributed by atoms with van der Waals surface area (Å²) in [5.74, 6) is 0.640. The average molecular weight is 353 g/mol. The van der Waals surface area contributed by atoms with E-state index in [1.54, 1.807) is 6.20 Å². The molecule has 26 heavy (non-hydrogen) atoms. The van der Waals surface area contributed by atoms with Crippen LogP contribution in [-0.2, 0) is 0 Å². The van der Waals surface area contributed by atoms with E-state index in [1.165, 1.54) is 11.3 Å². The minimum absolute atomic E-state index is 0.0183. The first-order valence-corrected chi connectivity index (χ1v) is 9.01. The molecule has 1 aromatic carbocycles. The Morgan fingerprint density at radius 2 is 1.92 bits per heavy atom. The van der Waals surface area contributed by atoms with Crippen LogP contribution in [0.4, 0.5) is 11.6 Å². The zero-order valence-electron chi connectivity index (χ0n) is 16.2. The van der Waals surface area contributed by atoms with Crippen molar-refractivity contribution in [2.75, 3.05) is 43.5 Å². The van der Waals surface area contributed by atoms with Crippen LogP contribution in [0.5, 0.6) is 0 Å². The lowest BCUT2D eigenvalue weighted by Crippen LogP contribution is -2.54. The number of amides is 1. The molecule has 6 heteroatoms. The molecule has 0 unspecified atom stereocenters. The maximum Gasteiger partial charge on any atom is 0.257 e. The molecule has 1 aliphatic rings. The molecular weight excluding hydrogens is 326 g/mol. The molecular formula is C20H27N5O. The molecule has 0 saturated carbocycles. The molecule has 1 atom stereocenters. The van der Waals surface area contributed by atoms with Gasteiger partial charge >= 0.3 is 0 Å². The largest absolute Gasteiger partial charge is 0.367 e. The van der Waals surface area contributed by atoms with Gasteiger partial charge in [0, 0.05) is 51.7 Å². The molecule has 2 heterocycles. The van der Waals surface area contributed by atoms with E-state index >= 15 is 0 Å². The smallest absolute Gasteiger partial charge is 0.257 e. The lowest BCUT2D eigenvalue weighted by molar-refractivity contribution is 0.0672. The summed E-state index contributed by atoms with van der Waals surface area (Å²) >= 11 is 0. The normalized spacial score (nSPS) is 17.3. The summed E-state index contributed by atoms with van der Waals surface area (Å²) in [6.45, 7) is 8.46. The minimum atomic E-state index is 0.0183. The molecule has 0 radical (unpaired) electrons. The number of rotatable bonds is 3. The van der Waals surface area contributed by atoms with E-state index in [0.29, 0.717) is 18.1 Å². The van der Waals surface area contributed by atoms with Gasteiger partial charge in [0.15, 0.2) is 0 Å². The molecule has 138 valence electrons. The highest BCUT2D eigenvalue weighted by atomic mass is 16.2. The molecule has 3 rings (SSSR count). The summed E-state index contributed by atoms with van der Waals surface area (Å²) in [5.41, 5.74) is 3.83. The Balaban J connectivity index is 1.75. The standard InChI is InChI=1S/C20H27N5O/c1-14-8-6-7-9-18(14)24-10-11-25(15(2)13-24)19(26)17-12-21-20(23(4)5)22-16(17)3/h6-9,12,15H,10-11,13H2,1-5H3/t15-/m1/s1. The number of benzene rings is 1. The van der Waals surface area contributed by atoms with Gasteiger partial charge in [-0.3, -0.25) is 4.79 Å². The number of carbonyl (C=O) groups is 1. The van der Waals surface area contributed by atoms with E-state index in [2.05, 4.69) is 53.0 Å². The maximum absolute atomic E-state index is 13.0. The van der Waals surface area contributed by atoms with E-state index < -0.39 is 0 Å². The Labute approximate surface area is 155 Å². The topological polar surface area (TPSA) is 52.6 Å². The van der Waals surface area contributed by atoms with Crippen LogP contribution in [0.1, 0.15) is 28.5 Å². The summed E-state index contributed by atoms with van der Waals surface area (Å²) < 4.78 is 0. The highest BCUT2D eigenvalue weighted by Crippen LogP contribution is 2.24. The Morgan fingerprint density at radius 1 is 1.19 bits per heavy atom. The van der Waals surface area contributed by atoms with Crippen molar-refractivity contribution in [3.05, 3.63) is 47.3 Å². The number of piperazine rings is 1. The number of nitrogens with zero attached hydrogens (tertiary/aromatic N) is 5. The molecule has 1 aromatic heterocycles. The van der Waals surface area contributed by atoms with E-state index in [-0.39, 0.29) is 11.9 Å². The first-order valence-electron chi connectivity index (χ1n) is 9.01. The monoisotopic (exact) mass is 353 g/mol. The summed E-state index contributed by atoms with van der Waals surface area (Å²) in [5, 5.41) is 0. The second-order valence-electron chi connectivity index (χ2n) is 7.14. The molecule has 6 nitrogen and oxygen atoms in total. The average Bonchev–Trinajstić information content (AvgIpc) is 2.61. The maximum atomic E-state index is 13.0. The molecule has 0 aliphatic carbocycles. The Morgan fingerprint density at radius 3 is 2.54 bits per heavy atom. The van der Waals surface area contributed by atoms with Gasteiger partial charge in [0.1, 0.15) is 0 Å². The quantitative estimate of drug-likeness (QED) is 0.849. The Hall–Kier alpha value is -2.63. The van der Waals surface area contributed by atoms with Crippen LogP contribution in [0, 0.1) is 13.8 Å². The lowest BCUT2D eigenvalue weighted by atomic mass is 10.1. The van der Waals surface area contributed by atoms with Gasteiger partial charge in [0.2, 0.25) is 5.95 Å². The SMILES string of the molecule is Cc1ccccc1N1CCN(C(=O)c2cnc(N(C)C)nc2C)[C@H](C)C1. The highest BCUT2D eigenvalue weighted by molar-refractivity contribution is 5.95. The van der Waals surface area contributed by atoms with Crippen LogP contribution in [0.2, 0.25) is 0 Å². The van der Waals surface area contributed by atoms with Gasteiger partial charge in [-0.25, -0.2) is 9.97 Å². The third kappa shape index (κ3) is 3.49. The minimum Gasteiger partial charge on any atom is -0.367 e. The Bertz CT molecular complexity index is 805. The van der Waals surface area contributed by atoms with Gasteiger partial charge in [0.05, 0.1) is 11.3 Å². The summed E-state index contributed by atoms with van der Waals surface area (Å²) in [4.78, 5) is 27.9. The third-order valence-corrected chi connectivity index (χ3v) is 4.94. The molecule has 0 spiro atoms. The molecule has 1 saturated heterocycles. The van der Waals surface area contributed by atoms with Crippen molar-refractivity contribution >= 4 is 17.5 Å². The number of aromatic nitrogens is 2. The molecule has 1 amide bonds. The second-order valence-corrected chi connectivity index (χ2v) is 7.14. The predicted molar refractivity (Wildman–Crippen MR) is 105 cm³/mol. The fourth-order valence-corrected chi connectivity index (χ4v) is 3.43. The molecule has 1 aliphatic heterocycles. The zero-order chi connectivity index (χ0) is 18.8. The van der Waals surface area contributed by atoms with Gasteiger partial charge in [-0.2, -0.15) is 0 Å². The van der Waals surface area contributed by atoms with Crippen LogP contribution in [0.3, 0.4) is 0 Å². The highest BCUT2D eigenvalue weighted by Gasteiger charge is 2.30. The van der Waals surface area contributed by atoms with Crippen molar-refractivity contribution < 1.29 is 4.79 Å². The van der Waals surface area contributed by atoms with Gasteiger partial charge in [-0.05, 0) is 32.4 Å². The molecule has 0 N–H and O–H groups in total. The van der Waals surface area contributed by atoms with Gasteiger partial charge in [-0.1, -0.05) is 18.2 Å². The number of anilines is 2. The molecule has 2 aromatic rings. The summed E-state index contributed by atoms with van der Waals surface area (Å²) in [6.07, 6.45) is 1.65. The number of aryl methyl sites for hydroxylation is 2. The lowest BCUT2D eigenvalue weighted by Gasteiger charge is -2.41. The summed E-state index contributed by atoms with van der Waals surface area (Å²) in [7, 11) is 3.78. The van der Waals surface area contributed by atoms with Crippen molar-refractivity contribution in [3.8, 4) is 0 Å². The number of para-hydroxylation sites is 1. The first-order chi connectivity index (χ1) is 12.4. The number of carbonyl (C=O) groups excluding carboxylic acids is 1. The predicted octanol–water partition coefficient (Wildman–Crippen LogP) is 2.51. The van der Waals surface area contributed by atoms with Crippen LogP contribution < -0.4 is 9.80 Å². The molecule has 1 fully saturated rings. The van der Waals surface area contributed by atoms with E-state index in [4.69, 9.17) is 0 Å². The fraction of sp³-hybridized carbons (Fsp3) is 0.450. The van der Waals surface area contributed by atoms with Crippen LogP contribution in [-0.4, -0.2) is 60.5 Å². The van der Waals surface area contributed by atoms with Crippen LogP contribution in [0.15, 0.2) is 30.5 Å². The van der Waals surface area contributed by atoms with Crippen molar-refractivity contribution in [2.24, 2.45) is 0 Å². The van der Waals surface area contributed by atoms with Crippen molar-refractivity contribution in [1.29, 1.82) is 0 Å². The first kappa shape index (κ1) is 18.2. The van der Waals surface area contributed by atoms with Gasteiger partial charge < -0.3 is 14.7 Å². The number of hydrogen-bond acceptors (Lipinski definition) is 5. The number of hydrogen-bond donors (Lipinski definition) is 0. The fourth-order valence-electron chi connectivity index (χ4n) is 3.43. The van der Waals surface area contributed by atoms with Crippen LogP contribution in [0.25, 0.3) is 0 Å². The molecule has 0 bridgehead atoms. The van der Waals surface area contributed by atoms with E-state index in [9.17, 15) is 4.79 Å². The van der Waals surface area contributed by atoms with E-state index in [0.717, 1.165) is 18.8 Å². The van der Waals surface area contributed by atoms with E-state index in [1.807, 2.05) is 30.8 Å². The van der Waals surface area contributed by atoms with Crippen molar-refractivity contribution in [1.82, 2.24) is 14.9 Å². The van der Waals surface area contributed by atoms with Crippen molar-refractivity contribution in [2.45, 2.75) is 26.8 Å². The summed E-state index contributed by atoms with van der Waals surface area (Å²) in [6, 6.07) is 8.53. The Kier molecular flexibility index (Phi) is 5.11. The van der Waals surface area contributed by atoms with Gasteiger partial charge in [-0.15, -0.1) is 0 Å². The third-order valence-electron chi connectivity index (χ3n) is 4.94. The van der Waals surface area contributed by atoms with Crippen LogP contribution >= 0.6 is 0 Å². The van der Waals surface area contributed by atoms with Gasteiger partial charge in [0.25, 0.3) is 5.91 Å². The zero-order valence-corrected chi connectivity index (χ0v) is 16.2. The second kappa shape index (κ2) is 7.32.